The number of aromatic nitrogens is 3. The number of hydrogen-bond donors (Lipinski definition) is 2. The molecular weight excluding hydrogens is 332 g/mol. The molecule has 3 N–H and O–H groups in total. The van der Waals surface area contributed by atoms with E-state index < -0.39 is 0 Å². The van der Waals surface area contributed by atoms with E-state index >= 15 is 0 Å². The summed E-state index contributed by atoms with van der Waals surface area (Å²) < 4.78 is 5.95. The fraction of sp³-hybridized carbons (Fsp3) is 0.444. The number of carbonyl (C=O) groups excluding carboxylic acids is 1. The van der Waals surface area contributed by atoms with Crippen molar-refractivity contribution in [2.75, 3.05) is 24.5 Å². The number of amides is 1. The molecule has 0 atom stereocenters. The Labute approximate surface area is 152 Å². The maximum Gasteiger partial charge on any atom is 0.231 e. The van der Waals surface area contributed by atoms with Crippen molar-refractivity contribution < 1.29 is 9.53 Å². The second kappa shape index (κ2) is 8.09. The molecule has 0 saturated carbocycles. The topological polar surface area (TPSA) is 106 Å². The SMILES string of the molecule is Cc1ncccc1Oc1ncnc(N2CCC(NCC(N)=O)CC2)c1C. The molecule has 1 aliphatic rings. The smallest absolute Gasteiger partial charge is 0.231 e. The molecule has 1 saturated heterocycles. The molecule has 2 aromatic rings. The monoisotopic (exact) mass is 356 g/mol. The first-order valence-electron chi connectivity index (χ1n) is 8.72. The van der Waals surface area contributed by atoms with Gasteiger partial charge in [0.05, 0.1) is 17.8 Å². The van der Waals surface area contributed by atoms with Gasteiger partial charge in [-0.3, -0.25) is 9.78 Å². The van der Waals surface area contributed by atoms with Crippen LogP contribution >= 0.6 is 0 Å². The van der Waals surface area contributed by atoms with Crippen LogP contribution in [0.25, 0.3) is 0 Å². The molecule has 0 radical (unpaired) electrons. The molecule has 1 aliphatic heterocycles. The minimum Gasteiger partial charge on any atom is -0.437 e. The molecule has 138 valence electrons. The van der Waals surface area contributed by atoms with Gasteiger partial charge in [-0.1, -0.05) is 0 Å². The summed E-state index contributed by atoms with van der Waals surface area (Å²) in [6.07, 6.45) is 5.11. The number of carbonyl (C=O) groups is 1. The Hall–Kier alpha value is -2.74. The highest BCUT2D eigenvalue weighted by atomic mass is 16.5. The van der Waals surface area contributed by atoms with E-state index in [0.29, 0.717) is 17.7 Å². The Morgan fingerprint density at radius 2 is 2.08 bits per heavy atom. The van der Waals surface area contributed by atoms with Gasteiger partial charge < -0.3 is 20.7 Å². The number of nitrogens with zero attached hydrogens (tertiary/aromatic N) is 4. The van der Waals surface area contributed by atoms with Gasteiger partial charge in [-0.25, -0.2) is 9.97 Å². The Kier molecular flexibility index (Phi) is 5.62. The van der Waals surface area contributed by atoms with E-state index in [-0.39, 0.29) is 12.5 Å². The molecule has 0 aromatic carbocycles. The van der Waals surface area contributed by atoms with E-state index in [2.05, 4.69) is 25.2 Å². The van der Waals surface area contributed by atoms with Crippen molar-refractivity contribution in [2.24, 2.45) is 5.73 Å². The largest absolute Gasteiger partial charge is 0.437 e. The number of hydrogen-bond acceptors (Lipinski definition) is 7. The molecule has 0 bridgehead atoms. The molecule has 8 nitrogen and oxygen atoms in total. The van der Waals surface area contributed by atoms with Gasteiger partial charge >= 0.3 is 0 Å². The van der Waals surface area contributed by atoms with Gasteiger partial charge in [-0.05, 0) is 38.8 Å². The van der Waals surface area contributed by atoms with E-state index in [1.54, 1.807) is 6.20 Å². The normalized spacial score (nSPS) is 15.1. The average molecular weight is 356 g/mol. The van der Waals surface area contributed by atoms with Crippen LogP contribution in [0.1, 0.15) is 24.1 Å². The summed E-state index contributed by atoms with van der Waals surface area (Å²) in [6, 6.07) is 4.01. The first-order chi connectivity index (χ1) is 12.5. The second-order valence-corrected chi connectivity index (χ2v) is 6.42. The highest BCUT2D eigenvalue weighted by molar-refractivity contribution is 5.75. The van der Waals surface area contributed by atoms with Gasteiger partial charge in [0.2, 0.25) is 11.8 Å². The molecule has 3 heterocycles. The zero-order valence-corrected chi connectivity index (χ0v) is 15.1. The van der Waals surface area contributed by atoms with E-state index in [1.165, 1.54) is 6.33 Å². The highest BCUT2D eigenvalue weighted by Crippen LogP contribution is 2.30. The van der Waals surface area contributed by atoms with Crippen LogP contribution in [-0.2, 0) is 4.79 Å². The van der Waals surface area contributed by atoms with Crippen molar-refractivity contribution in [2.45, 2.75) is 32.7 Å². The standard InChI is InChI=1S/C18H24N6O2/c1-12-17(24-8-5-14(6-9-24)21-10-16(19)25)22-11-23-18(12)26-15-4-3-7-20-13(15)2/h3-4,7,11,14,21H,5-6,8-10H2,1-2H3,(H2,19,25). The van der Waals surface area contributed by atoms with Gasteiger partial charge in [0, 0.05) is 25.3 Å². The van der Waals surface area contributed by atoms with Crippen molar-refractivity contribution in [3.8, 4) is 11.6 Å². The number of rotatable bonds is 6. The Balaban J connectivity index is 1.68. The zero-order chi connectivity index (χ0) is 18.5. The fourth-order valence-electron chi connectivity index (χ4n) is 3.07. The van der Waals surface area contributed by atoms with Crippen LogP contribution < -0.4 is 20.7 Å². The van der Waals surface area contributed by atoms with Gasteiger partial charge in [0.25, 0.3) is 0 Å². The van der Waals surface area contributed by atoms with Crippen LogP contribution in [0.3, 0.4) is 0 Å². The number of ether oxygens (including phenoxy) is 1. The predicted molar refractivity (Wildman–Crippen MR) is 98.2 cm³/mol. The lowest BCUT2D eigenvalue weighted by molar-refractivity contribution is -0.117. The molecule has 0 unspecified atom stereocenters. The summed E-state index contributed by atoms with van der Waals surface area (Å²) in [7, 11) is 0. The number of primary amides is 1. The minimum absolute atomic E-state index is 0.222. The van der Waals surface area contributed by atoms with Crippen LogP contribution in [0.4, 0.5) is 5.82 Å². The molecule has 8 heteroatoms. The van der Waals surface area contributed by atoms with Crippen molar-refractivity contribution in [1.82, 2.24) is 20.3 Å². The van der Waals surface area contributed by atoms with Crippen LogP contribution in [0.15, 0.2) is 24.7 Å². The summed E-state index contributed by atoms with van der Waals surface area (Å²) in [5.74, 6) is 1.78. The molecule has 3 rings (SSSR count). The van der Waals surface area contributed by atoms with Crippen molar-refractivity contribution in [1.29, 1.82) is 0 Å². The fourth-order valence-corrected chi connectivity index (χ4v) is 3.07. The molecule has 2 aromatic heterocycles. The van der Waals surface area contributed by atoms with Crippen LogP contribution in [-0.4, -0.2) is 46.5 Å². The maximum absolute atomic E-state index is 10.9. The average Bonchev–Trinajstić information content (AvgIpc) is 2.64. The van der Waals surface area contributed by atoms with Crippen molar-refractivity contribution >= 4 is 11.7 Å². The second-order valence-electron chi connectivity index (χ2n) is 6.42. The van der Waals surface area contributed by atoms with Crippen molar-refractivity contribution in [3.05, 3.63) is 35.9 Å². The number of aryl methyl sites for hydroxylation is 1. The van der Waals surface area contributed by atoms with Gasteiger partial charge in [0.15, 0.2) is 5.75 Å². The molecule has 1 amide bonds. The summed E-state index contributed by atoms with van der Waals surface area (Å²) in [5, 5.41) is 3.19. The van der Waals surface area contributed by atoms with Crippen LogP contribution in [0.5, 0.6) is 11.6 Å². The van der Waals surface area contributed by atoms with Crippen LogP contribution in [0, 0.1) is 13.8 Å². The molecule has 0 aliphatic carbocycles. The third-order valence-corrected chi connectivity index (χ3v) is 4.54. The lowest BCUT2D eigenvalue weighted by Crippen LogP contribution is -2.45. The summed E-state index contributed by atoms with van der Waals surface area (Å²) in [6.45, 7) is 5.78. The van der Waals surface area contributed by atoms with Crippen LogP contribution in [0.2, 0.25) is 0 Å². The third kappa shape index (κ3) is 4.26. The number of piperidine rings is 1. The Morgan fingerprint density at radius 3 is 2.77 bits per heavy atom. The Morgan fingerprint density at radius 1 is 1.31 bits per heavy atom. The number of nitrogens with one attached hydrogen (secondary N) is 1. The molecule has 26 heavy (non-hydrogen) atoms. The maximum atomic E-state index is 10.9. The summed E-state index contributed by atoms with van der Waals surface area (Å²) in [5.41, 5.74) is 6.91. The highest BCUT2D eigenvalue weighted by Gasteiger charge is 2.23. The minimum atomic E-state index is -0.327. The molecule has 0 spiro atoms. The summed E-state index contributed by atoms with van der Waals surface area (Å²) in [4.78, 5) is 26.1. The summed E-state index contributed by atoms with van der Waals surface area (Å²) >= 11 is 0. The third-order valence-electron chi connectivity index (χ3n) is 4.54. The van der Waals surface area contributed by atoms with Gasteiger partial charge in [0.1, 0.15) is 12.1 Å². The number of anilines is 1. The van der Waals surface area contributed by atoms with Gasteiger partial charge in [-0.15, -0.1) is 0 Å². The quantitative estimate of drug-likeness (QED) is 0.804. The first-order valence-corrected chi connectivity index (χ1v) is 8.72. The lowest BCUT2D eigenvalue weighted by atomic mass is 10.0. The van der Waals surface area contributed by atoms with E-state index in [4.69, 9.17) is 10.5 Å². The number of nitrogens with two attached hydrogens (primary N) is 1. The Bertz CT molecular complexity index is 774. The van der Waals surface area contributed by atoms with E-state index in [1.807, 2.05) is 26.0 Å². The zero-order valence-electron chi connectivity index (χ0n) is 15.1. The van der Waals surface area contributed by atoms with E-state index in [0.717, 1.165) is 43.0 Å². The molecule has 1 fully saturated rings. The predicted octanol–water partition coefficient (Wildman–Crippen LogP) is 1.32. The van der Waals surface area contributed by atoms with E-state index in [9.17, 15) is 4.79 Å². The van der Waals surface area contributed by atoms with Gasteiger partial charge in [-0.2, -0.15) is 0 Å². The number of pyridine rings is 1. The first kappa shape index (κ1) is 18.1. The lowest BCUT2D eigenvalue weighted by Gasteiger charge is -2.33. The van der Waals surface area contributed by atoms with Crippen molar-refractivity contribution in [3.63, 3.8) is 0 Å². The molecular formula is C18H24N6O2.